The van der Waals surface area contributed by atoms with Gasteiger partial charge >= 0.3 is 12.0 Å². The van der Waals surface area contributed by atoms with Crippen LogP contribution in [0.1, 0.15) is 32.1 Å². The SMILES string of the molecule is COc1ncc(Cl)c(NC2(CC(=O)O)CCCC2)n1. The number of aromatic nitrogens is 2. The Bertz CT molecular complexity index is 475. The van der Waals surface area contributed by atoms with Crippen molar-refractivity contribution in [2.24, 2.45) is 0 Å². The van der Waals surface area contributed by atoms with E-state index in [4.69, 9.17) is 21.4 Å². The minimum atomic E-state index is -0.827. The van der Waals surface area contributed by atoms with Crippen molar-refractivity contribution in [3.05, 3.63) is 11.2 Å². The maximum atomic E-state index is 11.0. The topological polar surface area (TPSA) is 84.3 Å². The number of aliphatic carboxylic acids is 1. The predicted octanol–water partition coefficient (Wildman–Crippen LogP) is 2.34. The molecule has 0 radical (unpaired) electrons. The van der Waals surface area contributed by atoms with Crippen LogP contribution in [-0.2, 0) is 4.79 Å². The van der Waals surface area contributed by atoms with Gasteiger partial charge in [0.05, 0.1) is 19.7 Å². The van der Waals surface area contributed by atoms with Crippen molar-refractivity contribution in [2.45, 2.75) is 37.6 Å². The standard InChI is InChI=1S/C12H16ClN3O3/c1-19-11-14-7-8(13)10(15-11)16-12(6-9(17)18)4-2-3-5-12/h7H,2-6H2,1H3,(H,17,18)(H,14,15,16). The van der Waals surface area contributed by atoms with Gasteiger partial charge in [-0.25, -0.2) is 4.98 Å². The van der Waals surface area contributed by atoms with E-state index in [1.54, 1.807) is 0 Å². The molecule has 1 aliphatic carbocycles. The molecule has 0 amide bonds. The summed E-state index contributed by atoms with van der Waals surface area (Å²) in [7, 11) is 1.47. The van der Waals surface area contributed by atoms with Crippen molar-refractivity contribution in [2.75, 3.05) is 12.4 Å². The smallest absolute Gasteiger partial charge is 0.318 e. The van der Waals surface area contributed by atoms with Crippen LogP contribution in [0.5, 0.6) is 6.01 Å². The van der Waals surface area contributed by atoms with Crippen LogP contribution in [0.25, 0.3) is 0 Å². The fraction of sp³-hybridized carbons (Fsp3) is 0.583. The van der Waals surface area contributed by atoms with E-state index >= 15 is 0 Å². The monoisotopic (exact) mass is 285 g/mol. The van der Waals surface area contributed by atoms with Crippen molar-refractivity contribution in [3.63, 3.8) is 0 Å². The van der Waals surface area contributed by atoms with Crippen molar-refractivity contribution < 1.29 is 14.6 Å². The number of carbonyl (C=O) groups is 1. The summed E-state index contributed by atoms with van der Waals surface area (Å²) in [5, 5.41) is 12.6. The second-order valence-corrected chi connectivity index (χ2v) is 5.14. The molecule has 2 rings (SSSR count). The molecule has 0 saturated heterocycles. The molecule has 0 spiro atoms. The Morgan fingerprint density at radius 1 is 1.58 bits per heavy atom. The first-order valence-electron chi connectivity index (χ1n) is 6.11. The van der Waals surface area contributed by atoms with E-state index in [1.807, 2.05) is 0 Å². The Balaban J connectivity index is 2.24. The van der Waals surface area contributed by atoms with Gasteiger partial charge in [-0.2, -0.15) is 4.98 Å². The third-order valence-corrected chi connectivity index (χ3v) is 3.62. The average Bonchev–Trinajstić information content (AvgIpc) is 2.79. The molecule has 1 heterocycles. The molecule has 1 aliphatic rings. The van der Waals surface area contributed by atoms with Gasteiger partial charge in [-0.3, -0.25) is 4.79 Å². The Labute approximate surface area is 116 Å². The van der Waals surface area contributed by atoms with E-state index < -0.39 is 11.5 Å². The van der Waals surface area contributed by atoms with Gasteiger partial charge in [0.1, 0.15) is 5.02 Å². The fourth-order valence-corrected chi connectivity index (χ4v) is 2.61. The molecule has 0 aliphatic heterocycles. The molecule has 0 bridgehead atoms. The predicted molar refractivity (Wildman–Crippen MR) is 70.7 cm³/mol. The van der Waals surface area contributed by atoms with Crippen molar-refractivity contribution in [3.8, 4) is 6.01 Å². The number of nitrogens with zero attached hydrogens (tertiary/aromatic N) is 2. The highest BCUT2D eigenvalue weighted by Crippen LogP contribution is 2.37. The maximum absolute atomic E-state index is 11.0. The van der Waals surface area contributed by atoms with E-state index in [9.17, 15) is 4.79 Å². The number of nitrogens with one attached hydrogen (secondary N) is 1. The summed E-state index contributed by atoms with van der Waals surface area (Å²) in [5.74, 6) is -0.400. The molecule has 2 N–H and O–H groups in total. The second-order valence-electron chi connectivity index (χ2n) is 4.74. The zero-order valence-electron chi connectivity index (χ0n) is 10.6. The van der Waals surface area contributed by atoms with Gasteiger partial charge in [0.15, 0.2) is 5.82 Å². The van der Waals surface area contributed by atoms with Crippen LogP contribution in [0, 0.1) is 0 Å². The Morgan fingerprint density at radius 2 is 2.26 bits per heavy atom. The third kappa shape index (κ3) is 3.26. The van der Waals surface area contributed by atoms with Crippen LogP contribution in [-0.4, -0.2) is 33.7 Å². The van der Waals surface area contributed by atoms with Crippen LogP contribution in [0.4, 0.5) is 5.82 Å². The molecule has 1 aromatic heterocycles. The highest BCUT2D eigenvalue weighted by atomic mass is 35.5. The van der Waals surface area contributed by atoms with Crippen LogP contribution in [0.15, 0.2) is 6.20 Å². The highest BCUT2D eigenvalue weighted by Gasteiger charge is 2.36. The van der Waals surface area contributed by atoms with Gasteiger partial charge in [-0.15, -0.1) is 0 Å². The molecule has 0 atom stereocenters. The molecule has 7 heteroatoms. The summed E-state index contributed by atoms with van der Waals surface area (Å²) >= 11 is 6.04. The number of carboxylic acids is 1. The first-order valence-corrected chi connectivity index (χ1v) is 6.49. The van der Waals surface area contributed by atoms with Gasteiger partial charge in [0, 0.05) is 5.54 Å². The molecule has 1 saturated carbocycles. The molecule has 0 aromatic carbocycles. The quantitative estimate of drug-likeness (QED) is 0.864. The largest absolute Gasteiger partial charge is 0.481 e. The number of hydrogen-bond acceptors (Lipinski definition) is 5. The molecule has 0 unspecified atom stereocenters. The molecular weight excluding hydrogens is 270 g/mol. The number of carboxylic acid groups (broad SMARTS) is 1. The van der Waals surface area contributed by atoms with E-state index in [0.29, 0.717) is 10.8 Å². The lowest BCUT2D eigenvalue weighted by Gasteiger charge is -2.29. The summed E-state index contributed by atoms with van der Waals surface area (Å²) in [4.78, 5) is 19.1. The van der Waals surface area contributed by atoms with Crippen LogP contribution in [0.2, 0.25) is 5.02 Å². The lowest BCUT2D eigenvalue weighted by atomic mass is 9.93. The Morgan fingerprint density at radius 3 is 2.84 bits per heavy atom. The molecule has 19 heavy (non-hydrogen) atoms. The summed E-state index contributed by atoms with van der Waals surface area (Å²) in [6, 6.07) is 0.204. The van der Waals surface area contributed by atoms with E-state index in [1.165, 1.54) is 13.3 Å². The lowest BCUT2D eigenvalue weighted by Crippen LogP contribution is -2.38. The van der Waals surface area contributed by atoms with Crippen LogP contribution >= 0.6 is 11.6 Å². The molecule has 6 nitrogen and oxygen atoms in total. The van der Waals surface area contributed by atoms with Crippen molar-refractivity contribution in [1.29, 1.82) is 0 Å². The Hall–Kier alpha value is -1.56. The normalized spacial score (nSPS) is 17.2. The van der Waals surface area contributed by atoms with Gasteiger partial charge in [-0.05, 0) is 12.8 Å². The first-order chi connectivity index (χ1) is 9.04. The minimum Gasteiger partial charge on any atom is -0.481 e. The molecule has 104 valence electrons. The van der Waals surface area contributed by atoms with Gasteiger partial charge in [0.25, 0.3) is 0 Å². The van der Waals surface area contributed by atoms with E-state index in [-0.39, 0.29) is 12.4 Å². The number of hydrogen-bond donors (Lipinski definition) is 2. The number of rotatable bonds is 5. The molecule has 1 fully saturated rings. The van der Waals surface area contributed by atoms with Crippen molar-refractivity contribution >= 4 is 23.4 Å². The number of halogens is 1. The van der Waals surface area contributed by atoms with Gasteiger partial charge in [-0.1, -0.05) is 24.4 Å². The zero-order chi connectivity index (χ0) is 13.9. The maximum Gasteiger partial charge on any atom is 0.318 e. The number of anilines is 1. The Kier molecular flexibility index (Phi) is 4.09. The number of methoxy groups -OCH3 is 1. The number of ether oxygens (including phenoxy) is 1. The third-order valence-electron chi connectivity index (χ3n) is 3.34. The zero-order valence-corrected chi connectivity index (χ0v) is 11.4. The van der Waals surface area contributed by atoms with E-state index in [2.05, 4.69) is 15.3 Å². The lowest BCUT2D eigenvalue weighted by molar-refractivity contribution is -0.138. The second kappa shape index (κ2) is 5.61. The van der Waals surface area contributed by atoms with E-state index in [0.717, 1.165) is 25.7 Å². The minimum absolute atomic E-state index is 0.0512. The fourth-order valence-electron chi connectivity index (χ4n) is 2.48. The molecule has 1 aromatic rings. The van der Waals surface area contributed by atoms with Crippen LogP contribution < -0.4 is 10.1 Å². The summed E-state index contributed by atoms with van der Waals surface area (Å²) in [6.45, 7) is 0. The summed E-state index contributed by atoms with van der Waals surface area (Å²) < 4.78 is 4.95. The first kappa shape index (κ1) is 13.9. The van der Waals surface area contributed by atoms with Crippen LogP contribution in [0.3, 0.4) is 0 Å². The highest BCUT2D eigenvalue weighted by molar-refractivity contribution is 6.32. The average molecular weight is 286 g/mol. The summed E-state index contributed by atoms with van der Waals surface area (Å²) in [6.07, 6.45) is 5.08. The van der Waals surface area contributed by atoms with Gasteiger partial charge < -0.3 is 15.2 Å². The van der Waals surface area contributed by atoms with Crippen molar-refractivity contribution in [1.82, 2.24) is 9.97 Å². The van der Waals surface area contributed by atoms with Gasteiger partial charge in [0.2, 0.25) is 0 Å². The molecular formula is C12H16ClN3O3. The summed E-state index contributed by atoms with van der Waals surface area (Å²) in [5.41, 5.74) is -0.477.